The van der Waals surface area contributed by atoms with Crippen molar-refractivity contribution < 1.29 is 9.18 Å². The average molecular weight is 453 g/mol. The summed E-state index contributed by atoms with van der Waals surface area (Å²) in [6, 6.07) is 23.0. The smallest absolute Gasteiger partial charge is 0.255 e. The molecule has 0 radical (unpaired) electrons. The standard InChI is InChI=1S/C23H18ClFN4OS/c24-22-27-23(29(28-22)14-13-16-7-2-1-3-8-16)31-20-12-5-4-11-19(20)26-21(30)17-9-6-10-18(25)15-17/h1-12,15H,13-14H2,(H,26,30). The van der Waals surface area contributed by atoms with E-state index in [2.05, 4.69) is 27.5 Å². The van der Waals surface area contributed by atoms with Gasteiger partial charge in [-0.15, -0.1) is 5.10 Å². The third kappa shape index (κ3) is 5.51. The van der Waals surface area contributed by atoms with E-state index in [1.54, 1.807) is 16.8 Å². The fourth-order valence-corrected chi connectivity index (χ4v) is 4.15. The first-order valence-corrected chi connectivity index (χ1v) is 10.8. The number of aromatic nitrogens is 3. The van der Waals surface area contributed by atoms with E-state index in [1.807, 2.05) is 36.4 Å². The van der Waals surface area contributed by atoms with Crippen LogP contribution in [-0.4, -0.2) is 20.7 Å². The minimum absolute atomic E-state index is 0.164. The maximum atomic E-state index is 13.5. The van der Waals surface area contributed by atoms with E-state index in [1.165, 1.54) is 35.5 Å². The Balaban J connectivity index is 1.52. The number of rotatable bonds is 7. The van der Waals surface area contributed by atoms with Gasteiger partial charge in [-0.25, -0.2) is 9.07 Å². The number of amides is 1. The molecule has 0 fully saturated rings. The number of hydrogen-bond acceptors (Lipinski definition) is 4. The molecular weight excluding hydrogens is 435 g/mol. The van der Waals surface area contributed by atoms with Gasteiger partial charge in [-0.05, 0) is 65.7 Å². The van der Waals surface area contributed by atoms with E-state index in [0.717, 1.165) is 11.3 Å². The predicted octanol–water partition coefficient (Wildman–Crippen LogP) is 5.72. The second kappa shape index (κ2) is 9.76. The lowest BCUT2D eigenvalue weighted by Gasteiger charge is -2.11. The van der Waals surface area contributed by atoms with Crippen LogP contribution in [0.1, 0.15) is 15.9 Å². The second-order valence-electron chi connectivity index (χ2n) is 6.68. The van der Waals surface area contributed by atoms with Gasteiger partial charge < -0.3 is 5.32 Å². The van der Waals surface area contributed by atoms with E-state index in [0.29, 0.717) is 17.4 Å². The van der Waals surface area contributed by atoms with Crippen LogP contribution in [0.25, 0.3) is 0 Å². The molecule has 31 heavy (non-hydrogen) atoms. The van der Waals surface area contributed by atoms with Crippen LogP contribution in [0, 0.1) is 5.82 Å². The second-order valence-corrected chi connectivity index (χ2v) is 8.03. The zero-order valence-corrected chi connectivity index (χ0v) is 17.9. The number of benzene rings is 3. The first-order chi connectivity index (χ1) is 15.1. The molecule has 1 heterocycles. The van der Waals surface area contributed by atoms with Gasteiger partial charge in [-0.1, -0.05) is 48.5 Å². The first kappa shape index (κ1) is 21.1. The Morgan fingerprint density at radius 2 is 1.81 bits per heavy atom. The van der Waals surface area contributed by atoms with Crippen molar-refractivity contribution in [3.8, 4) is 0 Å². The molecule has 1 aromatic heterocycles. The van der Waals surface area contributed by atoms with Crippen LogP contribution in [-0.2, 0) is 13.0 Å². The monoisotopic (exact) mass is 452 g/mol. The Hall–Kier alpha value is -3.16. The van der Waals surface area contributed by atoms with Gasteiger partial charge in [0.2, 0.25) is 5.28 Å². The van der Waals surface area contributed by atoms with Crippen molar-refractivity contribution in [2.45, 2.75) is 23.0 Å². The molecular formula is C23H18ClFN4OS. The van der Waals surface area contributed by atoms with Crippen LogP contribution in [0.4, 0.5) is 10.1 Å². The number of nitrogens with one attached hydrogen (secondary N) is 1. The number of anilines is 1. The molecule has 5 nitrogen and oxygen atoms in total. The molecule has 0 aliphatic carbocycles. The lowest BCUT2D eigenvalue weighted by Crippen LogP contribution is -2.12. The zero-order valence-electron chi connectivity index (χ0n) is 16.3. The maximum Gasteiger partial charge on any atom is 0.255 e. The van der Waals surface area contributed by atoms with E-state index in [4.69, 9.17) is 11.6 Å². The molecule has 0 unspecified atom stereocenters. The average Bonchev–Trinajstić information content (AvgIpc) is 3.13. The summed E-state index contributed by atoms with van der Waals surface area (Å²) in [4.78, 5) is 17.7. The molecule has 0 bridgehead atoms. The molecule has 1 amide bonds. The van der Waals surface area contributed by atoms with E-state index >= 15 is 0 Å². The summed E-state index contributed by atoms with van der Waals surface area (Å²) in [6.45, 7) is 0.615. The van der Waals surface area contributed by atoms with Crippen LogP contribution in [0.3, 0.4) is 0 Å². The highest BCUT2D eigenvalue weighted by Gasteiger charge is 2.15. The number of nitrogens with zero attached hydrogens (tertiary/aromatic N) is 3. The van der Waals surface area contributed by atoms with Gasteiger partial charge in [0.15, 0.2) is 5.16 Å². The maximum absolute atomic E-state index is 13.5. The van der Waals surface area contributed by atoms with Gasteiger partial charge in [0.25, 0.3) is 5.91 Å². The molecule has 4 aromatic rings. The number of hydrogen-bond donors (Lipinski definition) is 1. The normalized spacial score (nSPS) is 10.8. The quantitative estimate of drug-likeness (QED) is 0.389. The Labute approximate surface area is 188 Å². The highest BCUT2D eigenvalue weighted by Crippen LogP contribution is 2.33. The molecule has 0 aliphatic rings. The van der Waals surface area contributed by atoms with Crippen molar-refractivity contribution in [1.82, 2.24) is 14.8 Å². The van der Waals surface area contributed by atoms with Crippen LogP contribution in [0.5, 0.6) is 0 Å². The topological polar surface area (TPSA) is 59.8 Å². The van der Waals surface area contributed by atoms with Crippen molar-refractivity contribution in [3.05, 3.63) is 101 Å². The van der Waals surface area contributed by atoms with Gasteiger partial charge in [0, 0.05) is 17.0 Å². The molecule has 4 rings (SSSR count). The lowest BCUT2D eigenvalue weighted by molar-refractivity contribution is 0.102. The van der Waals surface area contributed by atoms with E-state index < -0.39 is 11.7 Å². The Kier molecular flexibility index (Phi) is 6.64. The summed E-state index contributed by atoms with van der Waals surface area (Å²) in [5, 5.41) is 7.92. The first-order valence-electron chi connectivity index (χ1n) is 9.56. The molecule has 0 aliphatic heterocycles. The Morgan fingerprint density at radius 1 is 1.03 bits per heavy atom. The van der Waals surface area contributed by atoms with Gasteiger partial charge in [0.1, 0.15) is 5.82 Å². The minimum Gasteiger partial charge on any atom is -0.321 e. The van der Waals surface area contributed by atoms with Crippen molar-refractivity contribution in [2.24, 2.45) is 0 Å². The third-order valence-electron chi connectivity index (χ3n) is 4.49. The summed E-state index contributed by atoms with van der Waals surface area (Å²) in [6.07, 6.45) is 0.784. The molecule has 3 aromatic carbocycles. The molecule has 8 heteroatoms. The fraction of sp³-hybridized carbons (Fsp3) is 0.0870. The summed E-state index contributed by atoms with van der Waals surface area (Å²) in [5.41, 5.74) is 2.03. The van der Waals surface area contributed by atoms with Crippen molar-refractivity contribution in [1.29, 1.82) is 0 Å². The van der Waals surface area contributed by atoms with Gasteiger partial charge >= 0.3 is 0 Å². The van der Waals surface area contributed by atoms with Crippen molar-refractivity contribution in [2.75, 3.05) is 5.32 Å². The molecule has 1 N–H and O–H groups in total. The summed E-state index contributed by atoms with van der Waals surface area (Å²) in [5.74, 6) is -0.854. The van der Waals surface area contributed by atoms with Crippen LogP contribution < -0.4 is 5.32 Å². The summed E-state index contributed by atoms with van der Waals surface area (Å²) in [7, 11) is 0. The summed E-state index contributed by atoms with van der Waals surface area (Å²) >= 11 is 7.42. The molecule has 0 saturated carbocycles. The Morgan fingerprint density at radius 3 is 2.61 bits per heavy atom. The minimum atomic E-state index is -0.462. The molecule has 0 spiro atoms. The number of para-hydroxylation sites is 1. The SMILES string of the molecule is O=C(Nc1ccccc1Sc1nc(Cl)nn1CCc1ccccc1)c1cccc(F)c1. The largest absolute Gasteiger partial charge is 0.321 e. The van der Waals surface area contributed by atoms with Gasteiger partial charge in [-0.2, -0.15) is 4.98 Å². The number of aryl methyl sites for hydroxylation is 2. The molecule has 156 valence electrons. The lowest BCUT2D eigenvalue weighted by atomic mass is 10.2. The molecule has 0 atom stereocenters. The zero-order chi connectivity index (χ0) is 21.6. The number of carbonyl (C=O) groups is 1. The van der Waals surface area contributed by atoms with Gasteiger partial charge in [-0.3, -0.25) is 4.79 Å². The van der Waals surface area contributed by atoms with E-state index in [9.17, 15) is 9.18 Å². The van der Waals surface area contributed by atoms with Crippen molar-refractivity contribution in [3.63, 3.8) is 0 Å². The number of halogens is 2. The van der Waals surface area contributed by atoms with Gasteiger partial charge in [0.05, 0.1) is 5.69 Å². The van der Waals surface area contributed by atoms with Crippen molar-refractivity contribution >= 4 is 35.0 Å². The molecule has 0 saturated heterocycles. The summed E-state index contributed by atoms with van der Waals surface area (Å²) < 4.78 is 15.2. The fourth-order valence-electron chi connectivity index (χ4n) is 2.98. The highest BCUT2D eigenvalue weighted by atomic mass is 35.5. The third-order valence-corrected chi connectivity index (χ3v) is 5.71. The van der Waals surface area contributed by atoms with Crippen LogP contribution in [0.2, 0.25) is 5.28 Å². The van der Waals surface area contributed by atoms with E-state index in [-0.39, 0.29) is 10.8 Å². The number of carbonyl (C=O) groups excluding carboxylic acids is 1. The highest BCUT2D eigenvalue weighted by molar-refractivity contribution is 7.99. The van der Waals surface area contributed by atoms with Crippen LogP contribution in [0.15, 0.2) is 88.9 Å². The Bertz CT molecular complexity index is 1200. The van der Waals surface area contributed by atoms with Crippen LogP contribution >= 0.6 is 23.4 Å². The predicted molar refractivity (Wildman–Crippen MR) is 120 cm³/mol.